The third-order valence-electron chi connectivity index (χ3n) is 2.29. The number of hydrogen-bond donors (Lipinski definition) is 2. The number of carbonyl (C=O) groups excluding carboxylic acids is 1. The van der Waals surface area contributed by atoms with E-state index in [1.165, 1.54) is 25.4 Å². The summed E-state index contributed by atoms with van der Waals surface area (Å²) in [4.78, 5) is 15.0. The van der Waals surface area contributed by atoms with Gasteiger partial charge in [-0.15, -0.1) is 11.6 Å². The monoisotopic (exact) mass is 259 g/mol. The molecular weight excluding hydrogens is 246 g/mol. The van der Waals surface area contributed by atoms with E-state index >= 15 is 0 Å². The Bertz CT molecular complexity index is 385. The Hall–Kier alpha value is -1.17. The minimum absolute atomic E-state index is 0.0853. The van der Waals surface area contributed by atoms with Crippen LogP contribution in [0, 0.1) is 0 Å². The summed E-state index contributed by atoms with van der Waals surface area (Å²) in [5, 5.41) is 19.4. The molecule has 1 heterocycles. The van der Waals surface area contributed by atoms with E-state index in [-0.39, 0.29) is 18.0 Å². The van der Waals surface area contributed by atoms with Gasteiger partial charge in [-0.2, -0.15) is 0 Å². The Kier molecular flexibility index (Phi) is 5.34. The second-order valence-electron chi connectivity index (χ2n) is 3.46. The van der Waals surface area contributed by atoms with Crippen LogP contribution in [-0.4, -0.2) is 40.3 Å². The molecule has 0 aliphatic carbocycles. The van der Waals surface area contributed by atoms with Gasteiger partial charge in [-0.25, -0.2) is 9.78 Å². The number of hydrogen-bond acceptors (Lipinski definition) is 5. The Labute approximate surface area is 104 Å². The summed E-state index contributed by atoms with van der Waals surface area (Å²) in [5.41, 5.74) is 0.486. The van der Waals surface area contributed by atoms with Crippen molar-refractivity contribution in [3.05, 3.63) is 29.6 Å². The highest BCUT2D eigenvalue weighted by Gasteiger charge is 2.19. The number of ether oxygens (including phenoxy) is 1. The maximum Gasteiger partial charge on any atom is 0.356 e. The Morgan fingerprint density at radius 2 is 2.29 bits per heavy atom. The third-order valence-corrected chi connectivity index (χ3v) is 2.51. The quantitative estimate of drug-likeness (QED) is 0.606. The molecule has 0 saturated carbocycles. The van der Waals surface area contributed by atoms with E-state index in [9.17, 15) is 15.0 Å². The van der Waals surface area contributed by atoms with Crippen LogP contribution in [0.3, 0.4) is 0 Å². The van der Waals surface area contributed by atoms with E-state index in [0.29, 0.717) is 5.56 Å². The lowest BCUT2D eigenvalue weighted by atomic mass is 10.0. The van der Waals surface area contributed by atoms with Crippen molar-refractivity contribution in [3.63, 3.8) is 0 Å². The van der Waals surface area contributed by atoms with E-state index < -0.39 is 18.2 Å². The van der Waals surface area contributed by atoms with Gasteiger partial charge in [0.15, 0.2) is 0 Å². The molecule has 1 aromatic heterocycles. The summed E-state index contributed by atoms with van der Waals surface area (Å²) in [6.45, 7) is 0. The molecule has 6 heteroatoms. The SMILES string of the molecule is COC(=O)c1cc(C(O)C(O)CCCl)ccn1. The molecule has 94 valence electrons. The number of aromatic nitrogens is 1. The number of esters is 1. The molecule has 1 aromatic rings. The van der Waals surface area contributed by atoms with Gasteiger partial charge >= 0.3 is 5.97 Å². The molecule has 0 amide bonds. The van der Waals surface area contributed by atoms with Crippen molar-refractivity contribution in [1.29, 1.82) is 0 Å². The smallest absolute Gasteiger partial charge is 0.356 e. The molecule has 2 unspecified atom stereocenters. The molecule has 0 aromatic carbocycles. The fraction of sp³-hybridized carbons (Fsp3) is 0.455. The molecular formula is C11H14ClNO4. The number of alkyl halides is 1. The van der Waals surface area contributed by atoms with Crippen molar-refractivity contribution in [2.75, 3.05) is 13.0 Å². The zero-order valence-corrected chi connectivity index (χ0v) is 10.1. The molecule has 17 heavy (non-hydrogen) atoms. The average Bonchev–Trinajstić information content (AvgIpc) is 2.37. The molecule has 0 fully saturated rings. The van der Waals surface area contributed by atoms with Gasteiger partial charge in [-0.3, -0.25) is 0 Å². The summed E-state index contributed by atoms with van der Waals surface area (Å²) < 4.78 is 4.51. The predicted octanol–water partition coefficient (Wildman–Crippen LogP) is 0.891. The highest BCUT2D eigenvalue weighted by molar-refractivity contribution is 6.17. The van der Waals surface area contributed by atoms with Gasteiger partial charge in [0.25, 0.3) is 0 Å². The number of aliphatic hydroxyl groups is 2. The van der Waals surface area contributed by atoms with Crippen molar-refractivity contribution in [2.24, 2.45) is 0 Å². The number of methoxy groups -OCH3 is 1. The first-order chi connectivity index (χ1) is 8.10. The number of rotatable bonds is 5. The molecule has 2 N–H and O–H groups in total. The third kappa shape index (κ3) is 3.66. The van der Waals surface area contributed by atoms with Crippen LogP contribution < -0.4 is 0 Å². The normalized spacial score (nSPS) is 14.1. The van der Waals surface area contributed by atoms with E-state index in [4.69, 9.17) is 11.6 Å². The minimum atomic E-state index is -1.10. The van der Waals surface area contributed by atoms with Gasteiger partial charge in [-0.05, 0) is 24.1 Å². The maximum atomic E-state index is 11.2. The predicted molar refractivity (Wildman–Crippen MR) is 61.9 cm³/mol. The Morgan fingerprint density at radius 3 is 2.88 bits per heavy atom. The summed E-state index contributed by atoms with van der Waals surface area (Å²) >= 11 is 5.47. The van der Waals surface area contributed by atoms with Gasteiger partial charge in [0.05, 0.1) is 13.2 Å². The van der Waals surface area contributed by atoms with Gasteiger partial charge < -0.3 is 14.9 Å². The highest BCUT2D eigenvalue weighted by atomic mass is 35.5. The van der Waals surface area contributed by atoms with Crippen molar-refractivity contribution in [3.8, 4) is 0 Å². The average molecular weight is 260 g/mol. The summed E-state index contributed by atoms with van der Waals surface area (Å²) in [5.74, 6) is -0.349. The Balaban J connectivity index is 2.87. The van der Waals surface area contributed by atoms with Crippen LogP contribution in [-0.2, 0) is 4.74 Å². The Morgan fingerprint density at radius 1 is 1.59 bits per heavy atom. The minimum Gasteiger partial charge on any atom is -0.464 e. The molecule has 0 aliphatic rings. The van der Waals surface area contributed by atoms with Crippen molar-refractivity contribution >= 4 is 17.6 Å². The molecule has 1 rings (SSSR count). The second-order valence-corrected chi connectivity index (χ2v) is 3.83. The largest absolute Gasteiger partial charge is 0.464 e. The van der Waals surface area contributed by atoms with Gasteiger partial charge in [-0.1, -0.05) is 0 Å². The number of halogens is 1. The van der Waals surface area contributed by atoms with Crippen LogP contribution in [0.25, 0.3) is 0 Å². The van der Waals surface area contributed by atoms with Gasteiger partial charge in [0.2, 0.25) is 0 Å². The van der Waals surface area contributed by atoms with Crippen molar-refractivity contribution in [1.82, 2.24) is 4.98 Å². The summed E-state index contributed by atoms with van der Waals surface area (Å²) in [6, 6.07) is 2.91. The highest BCUT2D eigenvalue weighted by Crippen LogP contribution is 2.19. The second kappa shape index (κ2) is 6.54. The fourth-order valence-corrected chi connectivity index (χ4v) is 1.56. The lowest BCUT2D eigenvalue weighted by Crippen LogP contribution is -2.19. The van der Waals surface area contributed by atoms with E-state index in [2.05, 4.69) is 9.72 Å². The molecule has 5 nitrogen and oxygen atoms in total. The fourth-order valence-electron chi connectivity index (χ4n) is 1.34. The van der Waals surface area contributed by atoms with E-state index in [1.54, 1.807) is 0 Å². The molecule has 0 aliphatic heterocycles. The van der Waals surface area contributed by atoms with Crippen molar-refractivity contribution < 1.29 is 19.7 Å². The lowest BCUT2D eigenvalue weighted by molar-refractivity contribution is 0.0168. The van der Waals surface area contributed by atoms with E-state index in [0.717, 1.165) is 0 Å². The first-order valence-corrected chi connectivity index (χ1v) is 5.60. The first kappa shape index (κ1) is 13.9. The zero-order valence-electron chi connectivity index (χ0n) is 9.34. The molecule has 0 bridgehead atoms. The maximum absolute atomic E-state index is 11.2. The molecule has 0 spiro atoms. The number of pyridine rings is 1. The van der Waals surface area contributed by atoms with E-state index in [1.807, 2.05) is 0 Å². The zero-order chi connectivity index (χ0) is 12.8. The number of nitrogens with zero attached hydrogens (tertiary/aromatic N) is 1. The van der Waals surface area contributed by atoms with Gasteiger partial charge in [0, 0.05) is 12.1 Å². The number of carbonyl (C=O) groups is 1. The molecule has 0 saturated heterocycles. The number of aliphatic hydroxyl groups excluding tert-OH is 2. The van der Waals surface area contributed by atoms with Crippen LogP contribution in [0.15, 0.2) is 18.3 Å². The lowest BCUT2D eigenvalue weighted by Gasteiger charge is -2.17. The van der Waals surface area contributed by atoms with Crippen LogP contribution in [0.5, 0.6) is 0 Å². The standard InChI is InChI=1S/C11H14ClNO4/c1-17-11(16)8-6-7(3-5-13-8)10(15)9(14)2-4-12/h3,5-6,9-10,14-15H,2,4H2,1H3. The van der Waals surface area contributed by atoms with Crippen LogP contribution >= 0.6 is 11.6 Å². The van der Waals surface area contributed by atoms with Crippen molar-refractivity contribution in [2.45, 2.75) is 18.6 Å². The summed E-state index contributed by atoms with van der Waals surface area (Å²) in [7, 11) is 1.25. The van der Waals surface area contributed by atoms with Crippen LogP contribution in [0.2, 0.25) is 0 Å². The molecule has 2 atom stereocenters. The first-order valence-electron chi connectivity index (χ1n) is 5.06. The topological polar surface area (TPSA) is 79.7 Å². The van der Waals surface area contributed by atoms with Crippen LogP contribution in [0.1, 0.15) is 28.6 Å². The van der Waals surface area contributed by atoms with Crippen LogP contribution in [0.4, 0.5) is 0 Å². The molecule has 0 radical (unpaired) electrons. The summed E-state index contributed by atoms with van der Waals surface area (Å²) in [6.07, 6.45) is -0.433. The van der Waals surface area contributed by atoms with Gasteiger partial charge in [0.1, 0.15) is 11.8 Å².